The minimum atomic E-state index is -0.327. The molecule has 0 saturated heterocycles. The van der Waals surface area contributed by atoms with E-state index in [1.165, 1.54) is 0 Å². The molecular formula is C13H12BrClFNS. The summed E-state index contributed by atoms with van der Waals surface area (Å²) in [6.07, 6.45) is 0.571. The normalized spacial score (nSPS) is 12.7. The summed E-state index contributed by atoms with van der Waals surface area (Å²) in [5, 5.41) is 5.40. The molecule has 1 unspecified atom stereocenters. The quantitative estimate of drug-likeness (QED) is 0.836. The van der Waals surface area contributed by atoms with Gasteiger partial charge in [-0.05, 0) is 52.5 Å². The van der Waals surface area contributed by atoms with E-state index in [-0.39, 0.29) is 16.9 Å². The van der Waals surface area contributed by atoms with Gasteiger partial charge in [0.15, 0.2) is 0 Å². The maximum absolute atomic E-state index is 13.9. The first-order chi connectivity index (χ1) is 8.63. The lowest BCUT2D eigenvalue weighted by Gasteiger charge is -2.16. The van der Waals surface area contributed by atoms with Crippen LogP contribution in [0.2, 0.25) is 5.02 Å². The monoisotopic (exact) mass is 347 g/mol. The van der Waals surface area contributed by atoms with Crippen LogP contribution in [0.3, 0.4) is 0 Å². The molecule has 0 radical (unpaired) electrons. The summed E-state index contributed by atoms with van der Waals surface area (Å²) < 4.78 is 14.9. The van der Waals surface area contributed by atoms with Crippen LogP contribution in [0.5, 0.6) is 0 Å². The van der Waals surface area contributed by atoms with Crippen LogP contribution in [0.4, 0.5) is 4.39 Å². The molecule has 1 aromatic heterocycles. The Morgan fingerprint density at radius 3 is 2.83 bits per heavy atom. The van der Waals surface area contributed by atoms with Gasteiger partial charge in [0.05, 0.1) is 5.02 Å². The van der Waals surface area contributed by atoms with Crippen molar-refractivity contribution in [2.24, 2.45) is 0 Å². The van der Waals surface area contributed by atoms with Gasteiger partial charge < -0.3 is 5.32 Å². The molecule has 0 amide bonds. The number of rotatable bonds is 4. The van der Waals surface area contributed by atoms with E-state index < -0.39 is 0 Å². The smallest absolute Gasteiger partial charge is 0.145 e. The maximum atomic E-state index is 13.9. The van der Waals surface area contributed by atoms with E-state index in [9.17, 15) is 4.39 Å². The van der Waals surface area contributed by atoms with Crippen LogP contribution in [0.1, 0.15) is 16.5 Å². The van der Waals surface area contributed by atoms with Gasteiger partial charge in [-0.25, -0.2) is 4.39 Å². The van der Waals surface area contributed by atoms with Gasteiger partial charge >= 0.3 is 0 Å². The summed E-state index contributed by atoms with van der Waals surface area (Å²) in [4.78, 5) is 1.16. The van der Waals surface area contributed by atoms with Crippen molar-refractivity contribution in [2.75, 3.05) is 7.05 Å². The van der Waals surface area contributed by atoms with Gasteiger partial charge in [-0.1, -0.05) is 23.7 Å². The molecule has 1 N–H and O–H groups in total. The molecule has 96 valence electrons. The van der Waals surface area contributed by atoms with E-state index >= 15 is 0 Å². The molecule has 5 heteroatoms. The average Bonchev–Trinajstić information content (AvgIpc) is 2.77. The molecule has 0 aliphatic rings. The standard InChI is InChI=1S/C13H12BrClFNS/c1-17-11(13-9(14)5-6-18-13)7-8-3-2-4-10(15)12(8)16/h2-6,11,17H,7H2,1H3. The van der Waals surface area contributed by atoms with Gasteiger partial charge in [0.2, 0.25) is 0 Å². The number of hydrogen-bond donors (Lipinski definition) is 1. The fraction of sp³-hybridized carbons (Fsp3) is 0.231. The number of hydrogen-bond acceptors (Lipinski definition) is 2. The Balaban J connectivity index is 2.26. The molecule has 0 spiro atoms. The Bertz CT molecular complexity index is 544. The predicted molar refractivity (Wildman–Crippen MR) is 78.9 cm³/mol. The van der Waals surface area contributed by atoms with Crippen molar-refractivity contribution in [1.82, 2.24) is 5.32 Å². The lowest BCUT2D eigenvalue weighted by atomic mass is 10.0. The fourth-order valence-corrected chi connectivity index (χ4v) is 3.76. The van der Waals surface area contributed by atoms with E-state index in [0.29, 0.717) is 12.0 Å². The van der Waals surface area contributed by atoms with Crippen molar-refractivity contribution in [2.45, 2.75) is 12.5 Å². The Labute approximate surface area is 123 Å². The Hall–Kier alpha value is -0.420. The highest BCUT2D eigenvalue weighted by molar-refractivity contribution is 9.10. The highest BCUT2D eigenvalue weighted by Gasteiger charge is 2.17. The summed E-state index contributed by atoms with van der Waals surface area (Å²) >= 11 is 10.9. The van der Waals surface area contributed by atoms with Gasteiger partial charge in [-0.15, -0.1) is 11.3 Å². The van der Waals surface area contributed by atoms with Gasteiger partial charge in [0.1, 0.15) is 5.82 Å². The number of nitrogens with one attached hydrogen (secondary N) is 1. The van der Waals surface area contributed by atoms with Gasteiger partial charge in [-0.2, -0.15) is 0 Å². The SMILES string of the molecule is CNC(Cc1cccc(Cl)c1F)c1sccc1Br. The summed E-state index contributed by atoms with van der Waals surface area (Å²) in [6, 6.07) is 7.19. The maximum Gasteiger partial charge on any atom is 0.145 e. The lowest BCUT2D eigenvalue weighted by molar-refractivity contribution is 0.559. The summed E-state index contributed by atoms with van der Waals surface area (Å²) in [6.45, 7) is 0. The molecular weight excluding hydrogens is 337 g/mol. The zero-order valence-electron chi connectivity index (χ0n) is 9.71. The second-order valence-corrected chi connectivity index (χ2v) is 6.10. The zero-order valence-corrected chi connectivity index (χ0v) is 12.9. The highest BCUT2D eigenvalue weighted by Crippen LogP contribution is 2.32. The third-order valence-corrected chi connectivity index (χ3v) is 5.04. The number of benzene rings is 1. The molecule has 0 bridgehead atoms. The molecule has 0 saturated carbocycles. The first-order valence-electron chi connectivity index (χ1n) is 5.46. The third-order valence-electron chi connectivity index (χ3n) is 2.77. The minimum absolute atomic E-state index is 0.0762. The topological polar surface area (TPSA) is 12.0 Å². The number of halogens is 3. The van der Waals surface area contributed by atoms with Crippen LogP contribution < -0.4 is 5.32 Å². The largest absolute Gasteiger partial charge is 0.312 e. The van der Waals surface area contributed by atoms with Crippen LogP contribution in [0, 0.1) is 5.82 Å². The molecule has 1 aromatic carbocycles. The van der Waals surface area contributed by atoms with E-state index in [4.69, 9.17) is 11.6 Å². The third kappa shape index (κ3) is 2.94. The Morgan fingerprint density at radius 1 is 1.44 bits per heavy atom. The predicted octanol–water partition coefficient (Wildman–Crippen LogP) is 4.81. The van der Waals surface area contributed by atoms with Crippen molar-refractivity contribution in [3.63, 3.8) is 0 Å². The summed E-state index contributed by atoms with van der Waals surface area (Å²) in [5.74, 6) is -0.327. The Morgan fingerprint density at radius 2 is 2.22 bits per heavy atom. The number of thiophene rings is 1. The van der Waals surface area contributed by atoms with Crippen molar-refractivity contribution in [1.29, 1.82) is 0 Å². The molecule has 2 rings (SSSR count). The van der Waals surface area contributed by atoms with Crippen LogP contribution in [0.25, 0.3) is 0 Å². The van der Waals surface area contributed by atoms with Crippen molar-refractivity contribution in [3.8, 4) is 0 Å². The van der Waals surface area contributed by atoms with Crippen LogP contribution in [0.15, 0.2) is 34.1 Å². The molecule has 0 fully saturated rings. The summed E-state index contributed by atoms with van der Waals surface area (Å²) in [5.41, 5.74) is 0.627. The Kier molecular flexibility index (Phi) is 4.78. The molecule has 1 atom stereocenters. The zero-order chi connectivity index (χ0) is 13.1. The van der Waals surface area contributed by atoms with Gasteiger partial charge in [-0.3, -0.25) is 0 Å². The van der Waals surface area contributed by atoms with E-state index in [1.54, 1.807) is 29.5 Å². The molecule has 1 heterocycles. The highest BCUT2D eigenvalue weighted by atomic mass is 79.9. The van der Waals surface area contributed by atoms with Crippen molar-refractivity contribution < 1.29 is 4.39 Å². The second kappa shape index (κ2) is 6.15. The first kappa shape index (κ1) is 14.0. The van der Waals surface area contributed by atoms with Crippen LogP contribution in [-0.4, -0.2) is 7.05 Å². The minimum Gasteiger partial charge on any atom is -0.312 e. The van der Waals surface area contributed by atoms with E-state index in [1.807, 2.05) is 18.5 Å². The van der Waals surface area contributed by atoms with Crippen molar-refractivity contribution in [3.05, 3.63) is 55.4 Å². The van der Waals surface area contributed by atoms with Gasteiger partial charge in [0.25, 0.3) is 0 Å². The molecule has 0 aliphatic carbocycles. The molecule has 2 aromatic rings. The first-order valence-corrected chi connectivity index (χ1v) is 7.51. The fourth-order valence-electron chi connectivity index (χ4n) is 1.81. The van der Waals surface area contributed by atoms with E-state index in [2.05, 4.69) is 21.2 Å². The molecule has 0 aliphatic heterocycles. The van der Waals surface area contributed by atoms with Crippen LogP contribution in [-0.2, 0) is 6.42 Å². The van der Waals surface area contributed by atoms with E-state index in [0.717, 1.165) is 9.35 Å². The molecule has 18 heavy (non-hydrogen) atoms. The summed E-state index contributed by atoms with van der Waals surface area (Å²) in [7, 11) is 1.87. The lowest BCUT2D eigenvalue weighted by Crippen LogP contribution is -2.18. The number of likely N-dealkylation sites (N-methyl/N-ethyl adjacent to an activating group) is 1. The van der Waals surface area contributed by atoms with Crippen molar-refractivity contribution >= 4 is 38.9 Å². The second-order valence-electron chi connectivity index (χ2n) is 3.89. The average molecular weight is 349 g/mol. The van der Waals surface area contributed by atoms with Crippen LogP contribution >= 0.6 is 38.9 Å². The van der Waals surface area contributed by atoms with Gasteiger partial charge in [0, 0.05) is 15.4 Å². The molecule has 1 nitrogen and oxygen atoms in total.